The van der Waals surface area contributed by atoms with Gasteiger partial charge in [-0.05, 0) is 17.4 Å². The minimum atomic E-state index is -1.78. The number of carboxylic acids is 1. The number of ether oxygens (including phenoxy) is 1. The molecule has 2 atom stereocenters. The lowest BCUT2D eigenvalue weighted by molar-refractivity contribution is -0.153. The third-order valence-corrected chi connectivity index (χ3v) is 7.94. The number of allylic oxidation sites excluding steroid dienone is 1. The minimum Gasteiger partial charge on any atom is -0.477 e. The number of thioether (sulfide) groups is 1. The molecule has 40 heavy (non-hydrogen) atoms. The van der Waals surface area contributed by atoms with Crippen LogP contribution in [-0.2, 0) is 35.3 Å². The highest BCUT2D eigenvalue weighted by atomic mass is 32.2. The first-order chi connectivity index (χ1) is 19.2. The summed E-state index contributed by atoms with van der Waals surface area (Å²) in [5.74, 6) is -3.58. The summed E-state index contributed by atoms with van der Waals surface area (Å²) < 4.78 is 6.12. The van der Waals surface area contributed by atoms with Crippen molar-refractivity contribution in [3.8, 4) is 0 Å². The van der Waals surface area contributed by atoms with Gasteiger partial charge in [-0.2, -0.15) is 0 Å². The summed E-state index contributed by atoms with van der Waals surface area (Å²) in [5, 5.41) is 29.4. The number of hydrogen-bond donors (Lipinski definition) is 3. The molecular formula is C21H21N9O7S3. The van der Waals surface area contributed by atoms with Gasteiger partial charge in [-0.1, -0.05) is 23.4 Å². The molecule has 1 fully saturated rings. The van der Waals surface area contributed by atoms with Gasteiger partial charge in [0.15, 0.2) is 22.2 Å². The van der Waals surface area contributed by atoms with Gasteiger partial charge in [-0.3, -0.25) is 14.5 Å². The number of carbonyl (C=O) groups excluding carboxylic acids is 3. The summed E-state index contributed by atoms with van der Waals surface area (Å²) in [6, 6.07) is 0. The zero-order valence-electron chi connectivity index (χ0n) is 20.7. The number of anilines is 1. The number of esters is 1. The quantitative estimate of drug-likeness (QED) is 0.0689. The molecule has 4 N–H and O–H groups in total. The van der Waals surface area contributed by atoms with Crippen LogP contribution >= 0.6 is 35.3 Å². The van der Waals surface area contributed by atoms with Crippen LogP contribution in [0.2, 0.25) is 0 Å². The van der Waals surface area contributed by atoms with Crippen molar-refractivity contribution in [3.63, 3.8) is 0 Å². The maximum absolute atomic E-state index is 13.5. The Labute approximate surface area is 239 Å². The monoisotopic (exact) mass is 607 g/mol. The standard InChI is InChI=1S/C21H21N9O7S3/c1-3-5-29-15(25-27-28-29)10-7-39-19-21(9-38,18(35)30(19)14(10)17(33)34)24-16(32)13(11-8-40-20(22)23-11)26-37-6-12(31)36-4-2/h3,8-9,19H,1,4-7H2,2H3,(H2,22,23)(H,24,32)(H,33,34)/t19-,21?/m0/s1. The highest BCUT2D eigenvalue weighted by Gasteiger charge is 2.65. The molecule has 2 aromatic rings. The number of nitrogens with zero attached hydrogens (tertiary/aromatic N) is 7. The Morgan fingerprint density at radius 1 is 1.45 bits per heavy atom. The van der Waals surface area contributed by atoms with Crippen molar-refractivity contribution in [2.24, 2.45) is 5.16 Å². The fourth-order valence-electron chi connectivity index (χ4n) is 3.87. The number of aliphatic carboxylic acids is 1. The second-order valence-corrected chi connectivity index (χ2v) is 10.2. The van der Waals surface area contributed by atoms with Crippen LogP contribution in [0.5, 0.6) is 0 Å². The molecule has 0 aromatic carbocycles. The lowest BCUT2D eigenvalue weighted by Gasteiger charge is -2.55. The average molecular weight is 608 g/mol. The predicted molar refractivity (Wildman–Crippen MR) is 146 cm³/mol. The molecule has 210 valence electrons. The number of amides is 2. The van der Waals surface area contributed by atoms with Gasteiger partial charge in [0.1, 0.15) is 16.8 Å². The first kappa shape index (κ1) is 28.8. The van der Waals surface area contributed by atoms with Gasteiger partial charge >= 0.3 is 11.9 Å². The van der Waals surface area contributed by atoms with E-state index >= 15 is 0 Å². The molecule has 2 aliphatic heterocycles. The Morgan fingerprint density at radius 3 is 2.85 bits per heavy atom. The molecule has 0 aliphatic carbocycles. The number of β-lactam (4-membered cyclic amide) rings is 1. The number of aromatic nitrogens is 5. The van der Waals surface area contributed by atoms with E-state index in [0.29, 0.717) is 0 Å². The van der Waals surface area contributed by atoms with Gasteiger partial charge in [-0.25, -0.2) is 19.3 Å². The second kappa shape index (κ2) is 11.9. The molecule has 0 radical (unpaired) electrons. The number of rotatable bonds is 12. The van der Waals surface area contributed by atoms with E-state index in [0.717, 1.165) is 33.4 Å². The Balaban J connectivity index is 1.64. The molecule has 4 heterocycles. The van der Waals surface area contributed by atoms with Crippen LogP contribution in [0.1, 0.15) is 18.4 Å². The molecule has 16 nitrogen and oxygen atoms in total. The lowest BCUT2D eigenvalue weighted by atomic mass is 9.87. The largest absolute Gasteiger partial charge is 0.477 e. The van der Waals surface area contributed by atoms with Crippen molar-refractivity contribution >= 4 is 80.9 Å². The number of nitrogens with one attached hydrogen (secondary N) is 1. The highest BCUT2D eigenvalue weighted by molar-refractivity contribution is 8.00. The maximum Gasteiger partial charge on any atom is 0.353 e. The van der Waals surface area contributed by atoms with Crippen molar-refractivity contribution in [1.82, 2.24) is 35.4 Å². The van der Waals surface area contributed by atoms with E-state index in [9.17, 15) is 24.3 Å². The number of carboxylic acid groups (broad SMARTS) is 1. The van der Waals surface area contributed by atoms with Crippen LogP contribution in [0.4, 0.5) is 5.13 Å². The van der Waals surface area contributed by atoms with Crippen molar-refractivity contribution in [2.45, 2.75) is 24.4 Å². The average Bonchev–Trinajstić information content (AvgIpc) is 3.57. The van der Waals surface area contributed by atoms with Crippen LogP contribution in [-0.4, -0.2) is 99.9 Å². The van der Waals surface area contributed by atoms with Crippen LogP contribution in [0.3, 0.4) is 0 Å². The number of thiazole rings is 1. The summed E-state index contributed by atoms with van der Waals surface area (Å²) in [6.07, 6.45) is 1.53. The van der Waals surface area contributed by atoms with Crippen LogP contribution < -0.4 is 11.1 Å². The molecule has 1 unspecified atom stereocenters. The molecule has 1 saturated heterocycles. The van der Waals surface area contributed by atoms with E-state index in [1.807, 2.05) is 0 Å². The van der Waals surface area contributed by atoms with Gasteiger partial charge < -0.3 is 25.7 Å². The highest BCUT2D eigenvalue weighted by Crippen LogP contribution is 2.47. The number of tetrazole rings is 1. The molecule has 0 bridgehead atoms. The zero-order valence-corrected chi connectivity index (χ0v) is 23.1. The van der Waals surface area contributed by atoms with Gasteiger partial charge in [0, 0.05) is 22.1 Å². The van der Waals surface area contributed by atoms with Crippen LogP contribution in [0.25, 0.3) is 5.57 Å². The number of fused-ring (bicyclic) bond motifs is 1. The number of carbonyl (C=O) groups is 4. The SMILES string of the molecule is C=CCn1nnnc1C1=C(C(=O)O)N2C(=O)C(C=S)(NC(=O)C(=NOCC(=O)OCC)c3csc(N)n3)[C@@H]2SC1. The number of nitrogen functional groups attached to an aromatic ring is 1. The Hall–Kier alpha value is -4.23. The molecule has 0 saturated carbocycles. The smallest absolute Gasteiger partial charge is 0.353 e. The first-order valence-corrected chi connectivity index (χ1v) is 13.7. The maximum atomic E-state index is 13.5. The predicted octanol–water partition coefficient (Wildman–Crippen LogP) is -0.553. The molecule has 19 heteroatoms. The molecule has 2 amide bonds. The molecule has 4 rings (SSSR count). The van der Waals surface area contributed by atoms with E-state index in [1.54, 1.807) is 6.92 Å². The summed E-state index contributed by atoms with van der Waals surface area (Å²) in [6.45, 7) is 4.98. The fraction of sp³-hybridized carbons (Fsp3) is 0.333. The molecule has 2 aromatic heterocycles. The number of thiocarbonyl (C=S) groups is 1. The van der Waals surface area contributed by atoms with E-state index in [2.05, 4.69) is 37.6 Å². The lowest BCUT2D eigenvalue weighted by Crippen LogP contribution is -2.80. The van der Waals surface area contributed by atoms with Crippen LogP contribution in [0, 0.1) is 0 Å². The first-order valence-electron chi connectivity index (χ1n) is 11.3. The van der Waals surface area contributed by atoms with E-state index in [4.69, 9.17) is 27.5 Å². The van der Waals surface area contributed by atoms with Crippen molar-refractivity contribution < 1.29 is 33.9 Å². The van der Waals surface area contributed by atoms with Gasteiger partial charge in [0.2, 0.25) is 6.61 Å². The topological polar surface area (TPSA) is 217 Å². The number of oxime groups is 1. The van der Waals surface area contributed by atoms with Crippen molar-refractivity contribution in [3.05, 3.63) is 35.3 Å². The third kappa shape index (κ3) is 5.17. The van der Waals surface area contributed by atoms with E-state index in [-0.39, 0.29) is 52.5 Å². The molecular weight excluding hydrogens is 586 g/mol. The zero-order chi connectivity index (χ0) is 29.0. The van der Waals surface area contributed by atoms with Gasteiger partial charge in [-0.15, -0.1) is 34.8 Å². The normalized spacial score (nSPS) is 20.3. The van der Waals surface area contributed by atoms with E-state index in [1.165, 1.54) is 16.1 Å². The van der Waals surface area contributed by atoms with Gasteiger partial charge in [0.25, 0.3) is 11.8 Å². The number of nitrogens with two attached hydrogens (primary N) is 1. The van der Waals surface area contributed by atoms with Crippen LogP contribution in [0.15, 0.2) is 28.9 Å². The Bertz CT molecular complexity index is 1450. The van der Waals surface area contributed by atoms with Crippen molar-refractivity contribution in [2.75, 3.05) is 24.7 Å². The van der Waals surface area contributed by atoms with Gasteiger partial charge in [0.05, 0.1) is 13.2 Å². The third-order valence-electron chi connectivity index (χ3n) is 5.54. The summed E-state index contributed by atoms with van der Waals surface area (Å²) in [7, 11) is 0. The fourth-order valence-corrected chi connectivity index (χ4v) is 6.23. The summed E-state index contributed by atoms with van der Waals surface area (Å²) in [4.78, 5) is 60.9. The Kier molecular flexibility index (Phi) is 8.55. The molecule has 2 aliphatic rings. The summed E-state index contributed by atoms with van der Waals surface area (Å²) >= 11 is 7.33. The second-order valence-electron chi connectivity index (χ2n) is 7.97. The van der Waals surface area contributed by atoms with E-state index < -0.39 is 41.3 Å². The molecule has 0 spiro atoms. The summed E-state index contributed by atoms with van der Waals surface area (Å²) in [5.41, 5.74) is 3.42. The minimum absolute atomic E-state index is 0.0192. The number of hydrogen-bond acceptors (Lipinski definition) is 15. The van der Waals surface area contributed by atoms with Crippen molar-refractivity contribution in [1.29, 1.82) is 0 Å². The Morgan fingerprint density at radius 2 is 2.23 bits per heavy atom.